The van der Waals surface area contributed by atoms with E-state index in [0.29, 0.717) is 11.4 Å². The van der Waals surface area contributed by atoms with Gasteiger partial charge in [0.1, 0.15) is 0 Å². The van der Waals surface area contributed by atoms with Crippen molar-refractivity contribution in [1.29, 1.82) is 0 Å². The Hall–Kier alpha value is -2.86. The first-order chi connectivity index (χ1) is 13.3. The molecule has 0 radical (unpaired) electrons. The van der Waals surface area contributed by atoms with E-state index in [-0.39, 0.29) is 31.6 Å². The normalized spacial score (nSPS) is 11.6. The van der Waals surface area contributed by atoms with Gasteiger partial charge in [-0.1, -0.05) is 48.0 Å². The zero-order valence-corrected chi connectivity index (χ0v) is 16.0. The van der Waals surface area contributed by atoms with Crippen molar-refractivity contribution < 1.29 is 24.6 Å². The highest BCUT2D eigenvalue weighted by Gasteiger charge is 2.17. The van der Waals surface area contributed by atoms with Crippen molar-refractivity contribution in [3.63, 3.8) is 0 Å². The van der Waals surface area contributed by atoms with Gasteiger partial charge in [-0.25, -0.2) is 0 Å². The summed E-state index contributed by atoms with van der Waals surface area (Å²) in [6.45, 7) is 0. The van der Waals surface area contributed by atoms with Crippen LogP contribution in [-0.2, 0) is 20.8 Å². The van der Waals surface area contributed by atoms with Gasteiger partial charge in [-0.2, -0.15) is 0 Å². The first-order valence-electron chi connectivity index (χ1n) is 8.91. The quantitative estimate of drug-likeness (QED) is 0.560. The Morgan fingerprint density at radius 2 is 1.64 bits per heavy atom. The molecular formula is C21H22ClNO5. The van der Waals surface area contributed by atoms with Gasteiger partial charge < -0.3 is 15.5 Å². The highest BCUT2D eigenvalue weighted by Crippen LogP contribution is 2.23. The number of halogens is 1. The van der Waals surface area contributed by atoms with E-state index < -0.39 is 18.0 Å². The van der Waals surface area contributed by atoms with Gasteiger partial charge in [-0.05, 0) is 41.7 Å². The number of aliphatic carboxylic acids is 2. The van der Waals surface area contributed by atoms with Crippen LogP contribution in [0.2, 0.25) is 5.02 Å². The topological polar surface area (TPSA) is 104 Å². The molecule has 2 aromatic rings. The number of carbonyl (C=O) groups is 3. The lowest BCUT2D eigenvalue weighted by Crippen LogP contribution is -2.38. The number of carboxylic acid groups (broad SMARTS) is 2. The Kier molecular flexibility index (Phi) is 8.02. The highest BCUT2D eigenvalue weighted by molar-refractivity contribution is 6.30. The number of rotatable bonds is 10. The number of hydrogen-bond donors (Lipinski definition) is 3. The smallest absolute Gasteiger partial charge is 0.305 e. The monoisotopic (exact) mass is 403 g/mol. The SMILES string of the molecule is O=C(O)CCCC(=O)NC(CC(=O)O)Cc1ccc(-c2cccc(Cl)c2)cc1. The number of carbonyl (C=O) groups excluding carboxylic acids is 1. The summed E-state index contributed by atoms with van der Waals surface area (Å²) < 4.78 is 0. The third-order valence-electron chi connectivity index (χ3n) is 4.17. The van der Waals surface area contributed by atoms with Crippen molar-refractivity contribution in [3.05, 3.63) is 59.1 Å². The van der Waals surface area contributed by atoms with E-state index in [2.05, 4.69) is 5.32 Å². The molecule has 6 nitrogen and oxygen atoms in total. The first-order valence-corrected chi connectivity index (χ1v) is 9.29. The molecule has 1 unspecified atom stereocenters. The van der Waals surface area contributed by atoms with Gasteiger partial charge in [-0.15, -0.1) is 0 Å². The zero-order valence-electron chi connectivity index (χ0n) is 15.2. The van der Waals surface area contributed by atoms with Gasteiger partial charge in [0, 0.05) is 23.9 Å². The highest BCUT2D eigenvalue weighted by atomic mass is 35.5. The van der Waals surface area contributed by atoms with Crippen molar-refractivity contribution in [3.8, 4) is 11.1 Å². The molecule has 2 aromatic carbocycles. The summed E-state index contributed by atoms with van der Waals surface area (Å²) in [5, 5.41) is 21.1. The average Bonchev–Trinajstić information content (AvgIpc) is 2.61. The number of benzene rings is 2. The molecule has 1 amide bonds. The van der Waals surface area contributed by atoms with Crippen molar-refractivity contribution in [1.82, 2.24) is 5.32 Å². The third-order valence-corrected chi connectivity index (χ3v) is 4.41. The standard InChI is InChI=1S/C21H22ClNO5/c22-17-4-1-3-16(12-17)15-9-7-14(8-10-15)11-18(13-21(27)28)23-19(24)5-2-6-20(25)26/h1,3-4,7-10,12,18H,2,5-6,11,13H2,(H,23,24)(H,25,26)(H,27,28). The average molecular weight is 404 g/mol. The molecule has 0 aliphatic heterocycles. The van der Waals surface area contributed by atoms with Crippen LogP contribution >= 0.6 is 11.6 Å². The largest absolute Gasteiger partial charge is 0.481 e. The molecule has 0 aromatic heterocycles. The second-order valence-electron chi connectivity index (χ2n) is 6.52. The molecular weight excluding hydrogens is 382 g/mol. The van der Waals surface area contributed by atoms with Crippen molar-refractivity contribution in [2.75, 3.05) is 0 Å². The molecule has 0 saturated heterocycles. The molecule has 0 spiro atoms. The van der Waals surface area contributed by atoms with Crippen molar-refractivity contribution in [2.45, 2.75) is 38.1 Å². The minimum Gasteiger partial charge on any atom is -0.481 e. The fraction of sp³-hybridized carbons (Fsp3) is 0.286. The number of carboxylic acids is 2. The maximum absolute atomic E-state index is 12.0. The van der Waals surface area contributed by atoms with E-state index in [0.717, 1.165) is 16.7 Å². The first kappa shape index (κ1) is 21.4. The minimum absolute atomic E-state index is 0.0517. The fourth-order valence-electron chi connectivity index (χ4n) is 2.87. The molecule has 7 heteroatoms. The van der Waals surface area contributed by atoms with E-state index >= 15 is 0 Å². The van der Waals surface area contributed by atoms with Gasteiger partial charge in [0.05, 0.1) is 6.42 Å². The minimum atomic E-state index is -1.01. The van der Waals surface area contributed by atoms with E-state index in [1.807, 2.05) is 42.5 Å². The van der Waals surface area contributed by atoms with Gasteiger partial charge in [-0.3, -0.25) is 14.4 Å². The lowest BCUT2D eigenvalue weighted by atomic mass is 9.99. The van der Waals surface area contributed by atoms with E-state index in [1.54, 1.807) is 6.07 Å². The Bertz CT molecular complexity index is 835. The maximum Gasteiger partial charge on any atom is 0.305 e. The van der Waals surface area contributed by atoms with E-state index in [1.165, 1.54) is 0 Å². The van der Waals surface area contributed by atoms with Crippen LogP contribution in [0.25, 0.3) is 11.1 Å². The zero-order chi connectivity index (χ0) is 20.5. The molecule has 0 aliphatic rings. The molecule has 3 N–H and O–H groups in total. The van der Waals surface area contributed by atoms with Gasteiger partial charge in [0.25, 0.3) is 0 Å². The molecule has 0 heterocycles. The van der Waals surface area contributed by atoms with Gasteiger partial charge in [0.2, 0.25) is 5.91 Å². The number of nitrogens with one attached hydrogen (secondary N) is 1. The summed E-state index contributed by atoms with van der Waals surface area (Å²) >= 11 is 6.02. The van der Waals surface area contributed by atoms with Crippen LogP contribution in [0.15, 0.2) is 48.5 Å². The summed E-state index contributed by atoms with van der Waals surface area (Å²) in [5.74, 6) is -2.32. The van der Waals surface area contributed by atoms with E-state index in [9.17, 15) is 14.4 Å². The third kappa shape index (κ3) is 7.40. The summed E-state index contributed by atoms with van der Waals surface area (Å²) in [4.78, 5) is 33.6. The van der Waals surface area contributed by atoms with Crippen LogP contribution in [0.1, 0.15) is 31.2 Å². The van der Waals surface area contributed by atoms with Gasteiger partial charge in [0.15, 0.2) is 0 Å². The Balaban J connectivity index is 2.00. The lowest BCUT2D eigenvalue weighted by molar-refractivity contribution is -0.138. The Morgan fingerprint density at radius 3 is 2.25 bits per heavy atom. The Morgan fingerprint density at radius 1 is 0.929 bits per heavy atom. The van der Waals surface area contributed by atoms with Crippen LogP contribution in [0.4, 0.5) is 0 Å². The molecule has 28 heavy (non-hydrogen) atoms. The van der Waals surface area contributed by atoms with Crippen LogP contribution < -0.4 is 5.32 Å². The second kappa shape index (κ2) is 10.5. The maximum atomic E-state index is 12.0. The summed E-state index contributed by atoms with van der Waals surface area (Å²) in [7, 11) is 0. The second-order valence-corrected chi connectivity index (χ2v) is 6.96. The fourth-order valence-corrected chi connectivity index (χ4v) is 3.06. The van der Waals surface area contributed by atoms with Crippen molar-refractivity contribution in [2.24, 2.45) is 0 Å². The molecule has 0 saturated carbocycles. The van der Waals surface area contributed by atoms with Crippen LogP contribution in [-0.4, -0.2) is 34.1 Å². The summed E-state index contributed by atoms with van der Waals surface area (Å²) in [6.07, 6.45) is 0.334. The van der Waals surface area contributed by atoms with E-state index in [4.69, 9.17) is 21.8 Å². The van der Waals surface area contributed by atoms with Crippen LogP contribution in [0.5, 0.6) is 0 Å². The van der Waals surface area contributed by atoms with Crippen molar-refractivity contribution >= 4 is 29.4 Å². The molecule has 2 rings (SSSR count). The van der Waals surface area contributed by atoms with Gasteiger partial charge >= 0.3 is 11.9 Å². The predicted molar refractivity (Wildman–Crippen MR) is 106 cm³/mol. The molecule has 0 fully saturated rings. The molecule has 148 valence electrons. The summed E-state index contributed by atoms with van der Waals surface area (Å²) in [5.41, 5.74) is 2.86. The number of amides is 1. The lowest BCUT2D eigenvalue weighted by Gasteiger charge is -2.17. The molecule has 0 bridgehead atoms. The molecule has 0 aliphatic carbocycles. The molecule has 1 atom stereocenters. The van der Waals surface area contributed by atoms with Crippen LogP contribution in [0, 0.1) is 0 Å². The summed E-state index contributed by atoms with van der Waals surface area (Å²) in [6, 6.07) is 14.5. The predicted octanol–water partition coefficient (Wildman–Crippen LogP) is 3.76. The Labute approximate surface area is 168 Å². The number of hydrogen-bond acceptors (Lipinski definition) is 3. The van der Waals surface area contributed by atoms with Crippen LogP contribution in [0.3, 0.4) is 0 Å².